The van der Waals surface area contributed by atoms with Crippen molar-refractivity contribution in [3.8, 4) is 5.69 Å². The van der Waals surface area contributed by atoms with E-state index >= 15 is 0 Å². The Hall–Kier alpha value is -2.57. The molecule has 1 aromatic heterocycles. The van der Waals surface area contributed by atoms with Crippen molar-refractivity contribution in [1.82, 2.24) is 20.0 Å². The van der Waals surface area contributed by atoms with Crippen LogP contribution in [0.2, 0.25) is 0 Å². The predicted octanol–water partition coefficient (Wildman–Crippen LogP) is 4.00. The van der Waals surface area contributed by atoms with E-state index in [1.165, 1.54) is 0 Å². The monoisotopic (exact) mass is 425 g/mol. The quantitative estimate of drug-likeness (QED) is 0.687. The predicted molar refractivity (Wildman–Crippen MR) is 123 cm³/mol. The minimum atomic E-state index is 0. The van der Waals surface area contributed by atoms with Crippen LogP contribution < -0.4 is 10.2 Å². The molecule has 7 heteroatoms. The maximum Gasteiger partial charge on any atom is 0.324 e. The number of carbonyl (C=O) groups excluding carboxylic acids is 1. The molecular formula is C23H28ClN5O. The zero-order valence-corrected chi connectivity index (χ0v) is 18.1. The Morgan fingerprint density at radius 3 is 2.53 bits per heavy atom. The number of para-hydroxylation sites is 1. The van der Waals surface area contributed by atoms with Crippen molar-refractivity contribution >= 4 is 35.0 Å². The number of carbonyl (C=O) groups is 1. The molecule has 0 bridgehead atoms. The largest absolute Gasteiger partial charge is 0.324 e. The van der Waals surface area contributed by atoms with Crippen LogP contribution in [-0.4, -0.2) is 52.9 Å². The third-order valence-electron chi connectivity index (χ3n) is 6.18. The van der Waals surface area contributed by atoms with Gasteiger partial charge in [-0.15, -0.1) is 12.4 Å². The van der Waals surface area contributed by atoms with E-state index in [-0.39, 0.29) is 18.4 Å². The molecule has 158 valence electrons. The molecule has 0 atom stereocenters. The molecular weight excluding hydrogens is 398 g/mol. The van der Waals surface area contributed by atoms with Crippen LogP contribution in [0.25, 0.3) is 16.6 Å². The van der Waals surface area contributed by atoms with Gasteiger partial charge in [-0.05, 0) is 62.7 Å². The van der Waals surface area contributed by atoms with Gasteiger partial charge in [-0.1, -0.05) is 25.1 Å². The standard InChI is InChI=1S/C23H27N5O.ClH/c1-2-21-20-9-8-19(16-22(20)28(25-21)18-6-4-3-5-7-18)27-15-14-26(23(27)29)17-10-12-24-13-11-17;/h3-9,16-17,24H,2,10-15H2,1H3;1H. The summed E-state index contributed by atoms with van der Waals surface area (Å²) in [7, 11) is 0. The number of fused-ring (bicyclic) bond motifs is 1. The Bertz CT molecular complexity index is 1030. The van der Waals surface area contributed by atoms with Crippen LogP contribution in [0, 0.1) is 0 Å². The SMILES string of the molecule is CCc1nn(-c2ccccc2)c2cc(N3CCN(C4CCNCC4)C3=O)ccc12.Cl. The molecule has 0 unspecified atom stereocenters. The number of urea groups is 1. The second kappa shape index (κ2) is 8.66. The molecule has 2 amide bonds. The Morgan fingerprint density at radius 1 is 1.03 bits per heavy atom. The average Bonchev–Trinajstić information content (AvgIpc) is 3.35. The number of hydrogen-bond donors (Lipinski definition) is 1. The first-order valence-corrected chi connectivity index (χ1v) is 10.6. The van der Waals surface area contributed by atoms with E-state index in [1.54, 1.807) is 0 Å². The Balaban J connectivity index is 0.00000218. The molecule has 2 saturated heterocycles. The van der Waals surface area contributed by atoms with Gasteiger partial charge in [-0.3, -0.25) is 4.90 Å². The maximum atomic E-state index is 13.2. The van der Waals surface area contributed by atoms with E-state index in [1.807, 2.05) is 27.8 Å². The van der Waals surface area contributed by atoms with Crippen molar-refractivity contribution in [2.24, 2.45) is 0 Å². The van der Waals surface area contributed by atoms with Crippen LogP contribution in [-0.2, 0) is 6.42 Å². The Kier molecular flexibility index (Phi) is 5.97. The fraction of sp³-hybridized carbons (Fsp3) is 0.391. The van der Waals surface area contributed by atoms with Gasteiger partial charge in [0.15, 0.2) is 0 Å². The van der Waals surface area contributed by atoms with Gasteiger partial charge in [0.25, 0.3) is 0 Å². The number of halogens is 1. The zero-order chi connectivity index (χ0) is 19.8. The molecule has 2 aromatic carbocycles. The highest BCUT2D eigenvalue weighted by molar-refractivity contribution is 5.97. The average molecular weight is 426 g/mol. The van der Waals surface area contributed by atoms with E-state index in [9.17, 15) is 4.79 Å². The lowest BCUT2D eigenvalue weighted by Gasteiger charge is -2.31. The lowest BCUT2D eigenvalue weighted by molar-refractivity contribution is 0.185. The van der Waals surface area contributed by atoms with Crippen LogP contribution in [0.1, 0.15) is 25.5 Å². The van der Waals surface area contributed by atoms with Gasteiger partial charge in [0.2, 0.25) is 0 Å². The molecule has 3 aromatic rings. The first-order valence-electron chi connectivity index (χ1n) is 10.6. The highest BCUT2D eigenvalue weighted by Crippen LogP contribution is 2.30. The summed E-state index contributed by atoms with van der Waals surface area (Å²) < 4.78 is 2.00. The van der Waals surface area contributed by atoms with Crippen LogP contribution in [0.15, 0.2) is 48.5 Å². The van der Waals surface area contributed by atoms with Gasteiger partial charge in [-0.25, -0.2) is 9.48 Å². The van der Waals surface area contributed by atoms with Crippen LogP contribution >= 0.6 is 12.4 Å². The highest BCUT2D eigenvalue weighted by atomic mass is 35.5. The summed E-state index contributed by atoms with van der Waals surface area (Å²) in [5.74, 6) is 0. The van der Waals surface area contributed by atoms with Crippen molar-refractivity contribution in [1.29, 1.82) is 0 Å². The third kappa shape index (κ3) is 3.55. The van der Waals surface area contributed by atoms with Gasteiger partial charge in [0, 0.05) is 30.2 Å². The van der Waals surface area contributed by atoms with E-state index in [0.29, 0.717) is 6.04 Å². The van der Waals surface area contributed by atoms with Gasteiger partial charge in [-0.2, -0.15) is 5.10 Å². The minimum absolute atomic E-state index is 0. The van der Waals surface area contributed by atoms with Crippen molar-refractivity contribution in [2.45, 2.75) is 32.2 Å². The first-order chi connectivity index (χ1) is 14.3. The van der Waals surface area contributed by atoms with E-state index < -0.39 is 0 Å². The number of aromatic nitrogens is 2. The number of piperidine rings is 1. The number of rotatable bonds is 4. The van der Waals surface area contributed by atoms with Crippen LogP contribution in [0.5, 0.6) is 0 Å². The summed E-state index contributed by atoms with van der Waals surface area (Å²) >= 11 is 0. The highest BCUT2D eigenvalue weighted by Gasteiger charge is 2.35. The Morgan fingerprint density at radius 2 is 1.80 bits per heavy atom. The summed E-state index contributed by atoms with van der Waals surface area (Å²) in [6, 6.07) is 17.0. The molecule has 0 radical (unpaired) electrons. The molecule has 2 aliphatic heterocycles. The van der Waals surface area contributed by atoms with Crippen molar-refractivity contribution < 1.29 is 4.79 Å². The summed E-state index contributed by atoms with van der Waals surface area (Å²) in [6.45, 7) is 5.67. The molecule has 3 heterocycles. The third-order valence-corrected chi connectivity index (χ3v) is 6.18. The molecule has 2 fully saturated rings. The Labute approximate surface area is 183 Å². The van der Waals surface area contributed by atoms with Gasteiger partial charge in [0.1, 0.15) is 0 Å². The molecule has 2 aliphatic rings. The van der Waals surface area contributed by atoms with Crippen LogP contribution in [0.3, 0.4) is 0 Å². The summed E-state index contributed by atoms with van der Waals surface area (Å²) in [5, 5.41) is 9.39. The second-order valence-electron chi connectivity index (χ2n) is 7.86. The molecule has 0 aliphatic carbocycles. The normalized spacial score (nSPS) is 17.6. The van der Waals surface area contributed by atoms with Gasteiger partial charge < -0.3 is 10.2 Å². The molecule has 0 saturated carbocycles. The lowest BCUT2D eigenvalue weighted by Crippen LogP contribution is -2.45. The topological polar surface area (TPSA) is 53.4 Å². The lowest BCUT2D eigenvalue weighted by atomic mass is 10.1. The van der Waals surface area contributed by atoms with Crippen molar-refractivity contribution in [2.75, 3.05) is 31.1 Å². The summed E-state index contributed by atoms with van der Waals surface area (Å²) in [4.78, 5) is 17.2. The number of nitrogens with zero attached hydrogens (tertiary/aromatic N) is 4. The number of nitrogens with one attached hydrogen (secondary N) is 1. The zero-order valence-electron chi connectivity index (χ0n) is 17.3. The van der Waals surface area contributed by atoms with Crippen molar-refractivity contribution in [3.05, 3.63) is 54.2 Å². The fourth-order valence-corrected chi connectivity index (χ4v) is 4.61. The first kappa shape index (κ1) is 20.7. The molecule has 5 rings (SSSR count). The molecule has 30 heavy (non-hydrogen) atoms. The number of hydrogen-bond acceptors (Lipinski definition) is 3. The number of anilines is 1. The molecule has 1 N–H and O–H groups in total. The molecule has 0 spiro atoms. The number of aryl methyl sites for hydroxylation is 1. The van der Waals surface area contributed by atoms with Gasteiger partial charge in [0.05, 0.1) is 16.9 Å². The van der Waals surface area contributed by atoms with E-state index in [4.69, 9.17) is 5.10 Å². The number of benzene rings is 2. The van der Waals surface area contributed by atoms with E-state index in [2.05, 4.69) is 47.5 Å². The van der Waals surface area contributed by atoms with Crippen molar-refractivity contribution in [3.63, 3.8) is 0 Å². The maximum absolute atomic E-state index is 13.2. The number of amides is 2. The van der Waals surface area contributed by atoms with Gasteiger partial charge >= 0.3 is 6.03 Å². The summed E-state index contributed by atoms with van der Waals surface area (Å²) in [6.07, 6.45) is 2.96. The minimum Gasteiger partial charge on any atom is -0.319 e. The van der Waals surface area contributed by atoms with E-state index in [0.717, 1.165) is 73.4 Å². The fourth-order valence-electron chi connectivity index (χ4n) is 4.61. The second-order valence-corrected chi connectivity index (χ2v) is 7.86. The van der Waals surface area contributed by atoms with Crippen LogP contribution in [0.4, 0.5) is 10.5 Å². The smallest absolute Gasteiger partial charge is 0.319 e. The summed E-state index contributed by atoms with van der Waals surface area (Å²) in [5.41, 5.74) is 4.13. The molecule has 6 nitrogen and oxygen atoms in total.